The fourth-order valence-electron chi connectivity index (χ4n) is 2.35. The van der Waals surface area contributed by atoms with Crippen molar-refractivity contribution in [3.8, 4) is 0 Å². The van der Waals surface area contributed by atoms with Gasteiger partial charge in [-0.05, 0) is 42.8 Å². The van der Waals surface area contributed by atoms with Crippen LogP contribution >= 0.6 is 0 Å². The van der Waals surface area contributed by atoms with Crippen LogP contribution in [0.5, 0.6) is 0 Å². The third-order valence-electron chi connectivity index (χ3n) is 4.01. The predicted molar refractivity (Wildman–Crippen MR) is 98.9 cm³/mol. The fourth-order valence-corrected chi connectivity index (χ4v) is 2.84. The molecule has 0 aliphatic rings. The number of nitrogens with one attached hydrogen (secondary N) is 1. The smallest absolute Gasteiger partial charge is 0.335 e. The molecule has 0 bridgehead atoms. The topological polar surface area (TPSA) is 104 Å². The third-order valence-corrected chi connectivity index (χ3v) is 5.21. The number of hydrogen-bond donors (Lipinski definition) is 2. The number of nitrogens with zero attached hydrogens (tertiary/aromatic N) is 1. The van der Waals surface area contributed by atoms with Crippen LogP contribution < -0.4 is 9.62 Å². The van der Waals surface area contributed by atoms with E-state index < -0.39 is 33.8 Å². The summed E-state index contributed by atoms with van der Waals surface area (Å²) < 4.78 is 37.4. The van der Waals surface area contributed by atoms with Gasteiger partial charge in [-0.1, -0.05) is 12.1 Å². The van der Waals surface area contributed by atoms with Gasteiger partial charge in [0.15, 0.2) is 0 Å². The largest absolute Gasteiger partial charge is 0.478 e. The van der Waals surface area contributed by atoms with Gasteiger partial charge in [-0.15, -0.1) is 0 Å². The van der Waals surface area contributed by atoms with Crippen LogP contribution in [0, 0.1) is 5.82 Å². The summed E-state index contributed by atoms with van der Waals surface area (Å²) in [5, 5.41) is 11.9. The number of carboxylic acid groups (broad SMARTS) is 1. The van der Waals surface area contributed by atoms with Crippen LogP contribution in [-0.2, 0) is 10.0 Å². The van der Waals surface area contributed by atoms with E-state index in [-0.39, 0.29) is 16.8 Å². The Morgan fingerprint density at radius 3 is 2.19 bits per heavy atom. The Bertz CT molecular complexity index is 974. The van der Waals surface area contributed by atoms with Crippen molar-refractivity contribution in [2.24, 2.45) is 0 Å². The molecule has 0 spiro atoms. The second-order valence-electron chi connectivity index (χ2n) is 6.05. The quantitative estimate of drug-likeness (QED) is 0.783. The van der Waals surface area contributed by atoms with E-state index in [0.717, 1.165) is 16.6 Å². The minimum atomic E-state index is -3.64. The first-order chi connectivity index (χ1) is 12.5. The number of rotatable bonds is 6. The predicted octanol–water partition coefficient (Wildman–Crippen LogP) is 2.41. The van der Waals surface area contributed by atoms with Crippen LogP contribution in [0.15, 0.2) is 42.5 Å². The summed E-state index contributed by atoms with van der Waals surface area (Å²) in [5.41, 5.74) is 0.488. The molecule has 1 atom stereocenters. The molecular weight excluding hydrogens is 375 g/mol. The highest BCUT2D eigenvalue weighted by Crippen LogP contribution is 2.22. The zero-order valence-electron chi connectivity index (χ0n) is 14.9. The summed E-state index contributed by atoms with van der Waals surface area (Å²) in [6.45, 7) is 1.69. The molecule has 1 unspecified atom stereocenters. The monoisotopic (exact) mass is 394 g/mol. The second kappa shape index (κ2) is 7.75. The maximum atomic E-state index is 13.0. The van der Waals surface area contributed by atoms with Gasteiger partial charge in [0.25, 0.3) is 5.91 Å². The highest BCUT2D eigenvalue weighted by atomic mass is 32.2. The number of amides is 1. The molecule has 1 amide bonds. The lowest BCUT2D eigenvalue weighted by Gasteiger charge is -2.19. The van der Waals surface area contributed by atoms with E-state index in [2.05, 4.69) is 5.32 Å². The van der Waals surface area contributed by atoms with Gasteiger partial charge in [-0.3, -0.25) is 9.10 Å². The molecule has 27 heavy (non-hydrogen) atoms. The number of sulfonamides is 1. The van der Waals surface area contributed by atoms with Crippen LogP contribution in [0.3, 0.4) is 0 Å². The Morgan fingerprint density at radius 1 is 1.11 bits per heavy atom. The molecule has 0 fully saturated rings. The lowest BCUT2D eigenvalue weighted by molar-refractivity contribution is 0.0697. The Kier molecular flexibility index (Phi) is 5.85. The van der Waals surface area contributed by atoms with Crippen molar-refractivity contribution in [1.29, 1.82) is 0 Å². The molecule has 0 saturated heterocycles. The number of carbonyl (C=O) groups excluding carboxylic acids is 1. The summed E-state index contributed by atoms with van der Waals surface area (Å²) >= 11 is 0. The Labute approximate surface area is 156 Å². The van der Waals surface area contributed by atoms with Crippen molar-refractivity contribution in [1.82, 2.24) is 5.32 Å². The van der Waals surface area contributed by atoms with E-state index in [1.165, 1.54) is 43.4 Å². The van der Waals surface area contributed by atoms with Crippen molar-refractivity contribution in [3.05, 3.63) is 65.0 Å². The van der Waals surface area contributed by atoms with E-state index >= 15 is 0 Å². The molecular formula is C18H19FN2O5S. The van der Waals surface area contributed by atoms with E-state index in [4.69, 9.17) is 0 Å². The van der Waals surface area contributed by atoms with Gasteiger partial charge in [-0.25, -0.2) is 17.6 Å². The number of aromatic carboxylic acids is 1. The first-order valence-electron chi connectivity index (χ1n) is 7.87. The van der Waals surface area contributed by atoms with E-state index in [1.807, 2.05) is 0 Å². The molecule has 0 aliphatic heterocycles. The Hall–Kier alpha value is -2.94. The molecule has 2 rings (SSSR count). The van der Waals surface area contributed by atoms with E-state index in [1.54, 1.807) is 6.92 Å². The normalized spacial score (nSPS) is 12.3. The van der Waals surface area contributed by atoms with E-state index in [9.17, 15) is 27.5 Å². The first-order valence-corrected chi connectivity index (χ1v) is 9.72. The number of benzene rings is 2. The Balaban J connectivity index is 2.35. The van der Waals surface area contributed by atoms with Crippen LogP contribution in [0.2, 0.25) is 0 Å². The summed E-state index contributed by atoms with van der Waals surface area (Å²) in [6, 6.07) is 8.74. The van der Waals surface area contributed by atoms with E-state index in [0.29, 0.717) is 5.56 Å². The summed E-state index contributed by atoms with van der Waals surface area (Å²) in [6.07, 6.45) is 0.969. The molecule has 0 saturated carbocycles. The maximum absolute atomic E-state index is 13.0. The van der Waals surface area contributed by atoms with Gasteiger partial charge in [0.1, 0.15) is 5.82 Å². The molecule has 2 aromatic rings. The van der Waals surface area contributed by atoms with Gasteiger partial charge in [0, 0.05) is 12.6 Å². The summed E-state index contributed by atoms with van der Waals surface area (Å²) in [7, 11) is -2.37. The van der Waals surface area contributed by atoms with Gasteiger partial charge >= 0.3 is 5.97 Å². The molecule has 0 aromatic heterocycles. The number of carboxylic acids is 1. The lowest BCUT2D eigenvalue weighted by Crippen LogP contribution is -2.28. The van der Waals surface area contributed by atoms with Crippen molar-refractivity contribution < 1.29 is 27.5 Å². The lowest BCUT2D eigenvalue weighted by atomic mass is 10.1. The number of carbonyl (C=O) groups is 2. The second-order valence-corrected chi connectivity index (χ2v) is 8.06. The van der Waals surface area contributed by atoms with Gasteiger partial charge in [-0.2, -0.15) is 0 Å². The summed E-state index contributed by atoms with van der Waals surface area (Å²) in [4.78, 5) is 23.9. The first kappa shape index (κ1) is 20.4. The van der Waals surface area contributed by atoms with Crippen LogP contribution in [0.1, 0.15) is 39.2 Å². The molecule has 0 radical (unpaired) electrons. The van der Waals surface area contributed by atoms with Gasteiger partial charge in [0.2, 0.25) is 10.0 Å². The average Bonchev–Trinajstić information content (AvgIpc) is 2.60. The highest BCUT2D eigenvalue weighted by molar-refractivity contribution is 7.92. The van der Waals surface area contributed by atoms with Gasteiger partial charge in [0.05, 0.1) is 23.5 Å². The zero-order valence-corrected chi connectivity index (χ0v) is 15.7. The zero-order chi connectivity index (χ0) is 20.4. The van der Waals surface area contributed by atoms with Crippen molar-refractivity contribution in [3.63, 3.8) is 0 Å². The molecule has 0 heterocycles. The Morgan fingerprint density at radius 2 is 1.67 bits per heavy atom. The fraction of sp³-hybridized carbons (Fsp3) is 0.222. The molecule has 2 N–H and O–H groups in total. The minimum absolute atomic E-state index is 0.00522. The van der Waals surface area contributed by atoms with Crippen molar-refractivity contribution in [2.75, 3.05) is 17.6 Å². The van der Waals surface area contributed by atoms with Crippen molar-refractivity contribution >= 4 is 27.6 Å². The molecule has 9 heteroatoms. The minimum Gasteiger partial charge on any atom is -0.478 e. The molecule has 7 nitrogen and oxygen atoms in total. The highest BCUT2D eigenvalue weighted by Gasteiger charge is 2.19. The number of anilines is 1. The summed E-state index contributed by atoms with van der Waals surface area (Å²) in [5.74, 6) is -2.28. The molecule has 2 aromatic carbocycles. The van der Waals surface area contributed by atoms with Crippen molar-refractivity contribution in [2.45, 2.75) is 13.0 Å². The average molecular weight is 394 g/mol. The third kappa shape index (κ3) is 5.04. The van der Waals surface area contributed by atoms with Crippen LogP contribution in [0.25, 0.3) is 0 Å². The number of hydrogen-bond acceptors (Lipinski definition) is 4. The van der Waals surface area contributed by atoms with Gasteiger partial charge < -0.3 is 10.4 Å². The molecule has 0 aliphatic carbocycles. The standard InChI is InChI=1S/C18H19FN2O5S/c1-11(12-4-6-15(19)7-5-12)20-17(22)13-8-14(18(23)24)10-16(9-13)21(2)27(3,25)26/h4-11H,1-3H3,(H,20,22)(H,23,24). The molecule has 144 valence electrons. The number of halogens is 1. The van der Waals surface area contributed by atoms with Crippen LogP contribution in [-0.4, -0.2) is 38.7 Å². The SMILES string of the molecule is CC(NC(=O)c1cc(C(=O)O)cc(N(C)S(C)(=O)=O)c1)c1ccc(F)cc1. The van der Waals surface area contributed by atoms with Crippen LogP contribution in [0.4, 0.5) is 10.1 Å². The maximum Gasteiger partial charge on any atom is 0.335 e.